The highest BCUT2D eigenvalue weighted by Gasteiger charge is 2.36. The van der Waals surface area contributed by atoms with E-state index >= 15 is 0 Å². The first kappa shape index (κ1) is 48.3. The minimum Gasteiger partial charge on any atom is -0.481 e. The fourth-order valence-electron chi connectivity index (χ4n) is 5.19. The van der Waals surface area contributed by atoms with Crippen molar-refractivity contribution in [3.05, 3.63) is 35.9 Å². The van der Waals surface area contributed by atoms with Gasteiger partial charge >= 0.3 is 17.9 Å². The number of carbonyl (C=O) groups excluding carboxylic acids is 7. The van der Waals surface area contributed by atoms with Crippen LogP contribution in [0.2, 0.25) is 0 Å². The van der Waals surface area contributed by atoms with E-state index in [0.717, 1.165) is 11.9 Å². The second kappa shape index (κ2) is 24.6. The van der Waals surface area contributed by atoms with Crippen molar-refractivity contribution in [3.8, 4) is 0 Å². The van der Waals surface area contributed by atoms with E-state index in [1.165, 1.54) is 11.8 Å². The Bertz CT molecular complexity index is 1580. The third-order valence-corrected chi connectivity index (χ3v) is 8.68. The van der Waals surface area contributed by atoms with Crippen LogP contribution in [0.5, 0.6) is 0 Å². The van der Waals surface area contributed by atoms with E-state index < -0.39 is 122 Å². The van der Waals surface area contributed by atoms with Crippen molar-refractivity contribution in [2.24, 2.45) is 11.7 Å². The van der Waals surface area contributed by atoms with E-state index in [1.807, 2.05) is 6.26 Å². The van der Waals surface area contributed by atoms with E-state index in [2.05, 4.69) is 26.6 Å². The Kier molecular flexibility index (Phi) is 21.2. The van der Waals surface area contributed by atoms with E-state index in [1.54, 1.807) is 44.2 Å². The van der Waals surface area contributed by atoms with Crippen LogP contribution in [0.25, 0.3) is 0 Å². The number of aliphatic carboxylic acids is 3. The number of amides is 7. The third kappa shape index (κ3) is 18.5. The quantitative estimate of drug-likeness (QED) is 0.0500. The number of benzene rings is 1. The van der Waals surface area contributed by atoms with Crippen LogP contribution < -0.4 is 32.3 Å². The van der Waals surface area contributed by atoms with E-state index in [-0.39, 0.29) is 25.2 Å². The van der Waals surface area contributed by atoms with Crippen molar-refractivity contribution in [2.75, 3.05) is 25.6 Å². The number of thioether (sulfide) groups is 1. The van der Waals surface area contributed by atoms with Crippen molar-refractivity contribution in [2.45, 2.75) is 89.0 Å². The summed E-state index contributed by atoms with van der Waals surface area (Å²) in [6, 6.07) is 0.936. The Morgan fingerprint density at radius 2 is 1.29 bits per heavy atom. The van der Waals surface area contributed by atoms with Crippen molar-refractivity contribution >= 4 is 71.0 Å². The fraction of sp³-hybridized carbons (Fsp3) is 0.543. The van der Waals surface area contributed by atoms with E-state index in [0.29, 0.717) is 11.3 Å². The number of likely N-dealkylation sites (N-methyl/N-ethyl adjacent to an activating group) is 1. The highest BCUT2D eigenvalue weighted by molar-refractivity contribution is 7.98. The third-order valence-electron chi connectivity index (χ3n) is 8.03. The number of hydrogen-bond donors (Lipinski definition) is 9. The average molecular weight is 810 g/mol. The first-order valence-electron chi connectivity index (χ1n) is 17.5. The van der Waals surface area contributed by atoms with Gasteiger partial charge in [-0.05, 0) is 36.3 Å². The van der Waals surface area contributed by atoms with Crippen molar-refractivity contribution in [1.82, 2.24) is 31.5 Å². The number of carbonyl (C=O) groups is 10. The van der Waals surface area contributed by atoms with Gasteiger partial charge in [0.25, 0.3) is 0 Å². The highest BCUT2D eigenvalue weighted by Crippen LogP contribution is 2.12. The molecule has 0 heterocycles. The summed E-state index contributed by atoms with van der Waals surface area (Å²) in [5.74, 6) is -10.4. The molecular formula is C35H51N7O13S. The van der Waals surface area contributed by atoms with Gasteiger partial charge in [0.15, 0.2) is 0 Å². The molecule has 0 aromatic heterocycles. The molecule has 310 valence electrons. The summed E-state index contributed by atoms with van der Waals surface area (Å²) in [7, 11) is 1.08. The maximum Gasteiger partial charge on any atom is 0.305 e. The van der Waals surface area contributed by atoms with Crippen LogP contribution in [0.3, 0.4) is 0 Å². The number of nitrogens with one attached hydrogen (secondary N) is 5. The zero-order valence-corrected chi connectivity index (χ0v) is 32.4. The van der Waals surface area contributed by atoms with Gasteiger partial charge in [-0.2, -0.15) is 11.8 Å². The molecule has 10 N–H and O–H groups in total. The molecule has 21 heteroatoms. The summed E-state index contributed by atoms with van der Waals surface area (Å²) in [6.07, 6.45) is -1.10. The number of nitrogens with zero attached hydrogens (tertiary/aromatic N) is 1. The zero-order chi connectivity index (χ0) is 42.5. The topological polar surface area (TPSA) is 321 Å². The number of primary amides is 1. The summed E-state index contributed by atoms with van der Waals surface area (Å²) in [6.45, 7) is 2.82. The molecule has 0 fully saturated rings. The summed E-state index contributed by atoms with van der Waals surface area (Å²) < 4.78 is 0. The van der Waals surface area contributed by atoms with Gasteiger partial charge in [0.05, 0.1) is 25.8 Å². The van der Waals surface area contributed by atoms with Crippen molar-refractivity contribution in [1.29, 1.82) is 0 Å². The number of carboxylic acids is 3. The molecule has 0 radical (unpaired) electrons. The SMILES string of the molecule is CSCC[C@H](NC(=O)[C@H](CC(C)C)NC(=O)CNC(=O)[C@H](CC(=O)O)N(C)C(=O)[C@H](Cc1ccccc1)NC(=O)[C@H](CC(=O)O)NC(=O)CCC(=O)O)C(N)=O. The monoisotopic (exact) mass is 809 g/mol. The predicted octanol–water partition coefficient (Wildman–Crippen LogP) is -1.79. The second-order valence-electron chi connectivity index (χ2n) is 13.1. The lowest BCUT2D eigenvalue weighted by Gasteiger charge is -2.31. The van der Waals surface area contributed by atoms with Gasteiger partial charge in [0.2, 0.25) is 41.4 Å². The molecule has 20 nitrogen and oxygen atoms in total. The van der Waals surface area contributed by atoms with E-state index in [4.69, 9.17) is 10.8 Å². The Labute approximate surface area is 327 Å². The van der Waals surface area contributed by atoms with Crippen LogP contribution in [-0.4, -0.2) is 135 Å². The largest absolute Gasteiger partial charge is 0.481 e. The van der Waals surface area contributed by atoms with Gasteiger partial charge in [-0.3, -0.25) is 47.9 Å². The van der Waals surface area contributed by atoms with Gasteiger partial charge in [-0.15, -0.1) is 0 Å². The van der Waals surface area contributed by atoms with Crippen LogP contribution in [0.15, 0.2) is 30.3 Å². The molecule has 0 spiro atoms. The summed E-state index contributed by atoms with van der Waals surface area (Å²) in [5.41, 5.74) is 5.91. The standard InChI is InChI=1S/C35H51N7O13S/c1-19(2)14-22(32(52)40-21(31(36)51)12-13-56-4)39-27(44)18-37-34(54)25(17-30(49)50)42(3)35(55)24(15-20-8-6-5-7-9-20)41-33(53)23(16-29(47)48)38-26(43)10-11-28(45)46/h5-9,19,21-25H,10-18H2,1-4H3,(H2,36,51)(H,37,54)(H,38,43)(H,39,44)(H,40,52)(H,41,53)(H,45,46)(H,47,48)(H,49,50)/t21-,22-,23-,24-,25-/m0/s1. The first-order valence-corrected chi connectivity index (χ1v) is 18.9. The van der Waals surface area contributed by atoms with Crippen LogP contribution >= 0.6 is 11.8 Å². The van der Waals surface area contributed by atoms with Crippen LogP contribution in [0, 0.1) is 5.92 Å². The lowest BCUT2D eigenvalue weighted by molar-refractivity contribution is -0.147. The fourth-order valence-corrected chi connectivity index (χ4v) is 5.66. The Morgan fingerprint density at radius 1 is 0.714 bits per heavy atom. The molecule has 0 aliphatic heterocycles. The predicted molar refractivity (Wildman–Crippen MR) is 200 cm³/mol. The maximum atomic E-state index is 13.9. The molecule has 0 saturated carbocycles. The van der Waals surface area contributed by atoms with Crippen LogP contribution in [0.4, 0.5) is 0 Å². The molecule has 56 heavy (non-hydrogen) atoms. The Morgan fingerprint density at radius 3 is 1.82 bits per heavy atom. The summed E-state index contributed by atoms with van der Waals surface area (Å²) >= 11 is 1.44. The molecule has 1 rings (SSSR count). The van der Waals surface area contributed by atoms with E-state index in [9.17, 15) is 58.2 Å². The molecule has 0 aliphatic rings. The minimum absolute atomic E-state index is 0.101. The van der Waals surface area contributed by atoms with Crippen molar-refractivity contribution < 1.29 is 63.3 Å². The number of carboxylic acid groups (broad SMARTS) is 3. The maximum absolute atomic E-state index is 13.9. The molecule has 0 aliphatic carbocycles. The summed E-state index contributed by atoms with van der Waals surface area (Å²) in [5, 5.41) is 39.6. The van der Waals surface area contributed by atoms with Crippen LogP contribution in [-0.2, 0) is 54.4 Å². The van der Waals surface area contributed by atoms with Gasteiger partial charge in [-0.1, -0.05) is 44.2 Å². The number of rotatable bonds is 26. The molecule has 7 amide bonds. The Balaban J connectivity index is 3.26. The van der Waals surface area contributed by atoms with Gasteiger partial charge in [-0.25, -0.2) is 0 Å². The number of nitrogens with two attached hydrogens (primary N) is 1. The lowest BCUT2D eigenvalue weighted by Crippen LogP contribution is -2.59. The smallest absolute Gasteiger partial charge is 0.305 e. The van der Waals surface area contributed by atoms with Crippen LogP contribution in [0.1, 0.15) is 57.9 Å². The van der Waals surface area contributed by atoms with Gasteiger partial charge < -0.3 is 52.5 Å². The molecule has 1 aromatic carbocycles. The molecule has 1 aromatic rings. The number of hydrogen-bond acceptors (Lipinski definition) is 11. The lowest BCUT2D eigenvalue weighted by atomic mass is 10.0. The summed E-state index contributed by atoms with van der Waals surface area (Å²) in [4.78, 5) is 126. The molecular weight excluding hydrogens is 758 g/mol. The van der Waals surface area contributed by atoms with Gasteiger partial charge in [0.1, 0.15) is 30.2 Å². The van der Waals surface area contributed by atoms with Crippen molar-refractivity contribution in [3.63, 3.8) is 0 Å². The minimum atomic E-state index is -1.75. The average Bonchev–Trinajstić information content (AvgIpc) is 3.11. The normalized spacial score (nSPS) is 13.4. The molecule has 5 atom stereocenters. The molecule has 0 unspecified atom stereocenters. The van der Waals surface area contributed by atoms with Gasteiger partial charge in [0, 0.05) is 19.9 Å². The zero-order valence-electron chi connectivity index (χ0n) is 31.6. The molecule has 0 bridgehead atoms. The molecule has 0 saturated heterocycles. The first-order chi connectivity index (χ1) is 26.2. The highest BCUT2D eigenvalue weighted by atomic mass is 32.2. The second-order valence-corrected chi connectivity index (χ2v) is 14.1. The Hall–Kier alpha value is -5.73.